The van der Waals surface area contributed by atoms with Crippen molar-refractivity contribution >= 4 is 27.7 Å². The number of nitrogens with one attached hydrogen (secondary N) is 3. The van der Waals surface area contributed by atoms with Crippen molar-refractivity contribution in [3.05, 3.63) is 30.3 Å². The van der Waals surface area contributed by atoms with Crippen LogP contribution in [0.5, 0.6) is 0 Å². The first kappa shape index (κ1) is 21.0. The molecule has 3 N–H and O–H groups in total. The number of sulfonamides is 1. The average Bonchev–Trinajstić information content (AvgIpc) is 2.57. The van der Waals surface area contributed by atoms with E-state index in [1.54, 1.807) is 30.0 Å². The van der Waals surface area contributed by atoms with Crippen LogP contribution in [0.15, 0.2) is 35.2 Å². The lowest BCUT2D eigenvalue weighted by Gasteiger charge is -2.20. The normalized spacial score (nSPS) is 14.1. The smallest absolute Gasteiger partial charge is 0.241 e. The van der Waals surface area contributed by atoms with Crippen molar-refractivity contribution in [3.63, 3.8) is 0 Å². The maximum atomic E-state index is 12.4. The molecule has 0 heterocycles. The van der Waals surface area contributed by atoms with Gasteiger partial charge in [0.25, 0.3) is 0 Å². The molecule has 0 aliphatic rings. The fourth-order valence-electron chi connectivity index (χ4n) is 2.13. The molecule has 1 aromatic rings. The number of thioether (sulfide) groups is 1. The predicted octanol–water partition coefficient (Wildman–Crippen LogP) is 1.20. The van der Waals surface area contributed by atoms with Crippen LogP contribution in [0.4, 0.5) is 0 Å². The highest BCUT2D eigenvalue weighted by molar-refractivity contribution is 7.98. The van der Waals surface area contributed by atoms with E-state index in [9.17, 15) is 13.2 Å². The number of hydrogen-bond acceptors (Lipinski definition) is 5. The Hall–Kier alpha value is -1.09. The Morgan fingerprint density at radius 2 is 1.92 bits per heavy atom. The molecule has 0 bridgehead atoms. The quantitative estimate of drug-likeness (QED) is 0.543. The molecule has 0 aliphatic carbocycles. The molecule has 0 radical (unpaired) electrons. The monoisotopic (exact) mass is 373 g/mol. The van der Waals surface area contributed by atoms with Crippen molar-refractivity contribution in [2.75, 3.05) is 25.1 Å². The molecule has 1 aromatic carbocycles. The molecular weight excluding hydrogens is 346 g/mol. The summed E-state index contributed by atoms with van der Waals surface area (Å²) in [5.41, 5.74) is 0. The molecule has 136 valence electrons. The van der Waals surface area contributed by atoms with E-state index in [2.05, 4.69) is 15.4 Å². The lowest BCUT2D eigenvalue weighted by Crippen LogP contribution is -2.49. The van der Waals surface area contributed by atoms with Crippen molar-refractivity contribution in [3.8, 4) is 0 Å². The predicted molar refractivity (Wildman–Crippen MR) is 99.7 cm³/mol. The fourth-order valence-corrected chi connectivity index (χ4v) is 3.85. The van der Waals surface area contributed by atoms with Crippen LogP contribution >= 0.6 is 11.8 Å². The van der Waals surface area contributed by atoms with Gasteiger partial charge in [-0.3, -0.25) is 4.79 Å². The molecule has 2 atom stereocenters. The first-order valence-electron chi connectivity index (χ1n) is 7.98. The molecule has 0 fully saturated rings. The van der Waals surface area contributed by atoms with Crippen LogP contribution in [0.25, 0.3) is 0 Å². The van der Waals surface area contributed by atoms with E-state index in [0.717, 1.165) is 6.54 Å². The Labute approximate surface area is 149 Å². The van der Waals surface area contributed by atoms with Gasteiger partial charge in [0, 0.05) is 12.6 Å². The Kier molecular flexibility index (Phi) is 9.35. The van der Waals surface area contributed by atoms with Crippen LogP contribution < -0.4 is 15.4 Å². The molecular formula is C16H27N3O3S2. The minimum atomic E-state index is -3.72. The van der Waals surface area contributed by atoms with E-state index in [-0.39, 0.29) is 16.8 Å². The molecule has 6 nitrogen and oxygen atoms in total. The average molecular weight is 374 g/mol. The van der Waals surface area contributed by atoms with Gasteiger partial charge >= 0.3 is 0 Å². The van der Waals surface area contributed by atoms with Gasteiger partial charge in [0.1, 0.15) is 6.04 Å². The molecule has 24 heavy (non-hydrogen) atoms. The van der Waals surface area contributed by atoms with Crippen LogP contribution in [0.3, 0.4) is 0 Å². The second-order valence-electron chi connectivity index (χ2n) is 5.47. The zero-order valence-corrected chi connectivity index (χ0v) is 16.0. The van der Waals surface area contributed by atoms with Gasteiger partial charge in [0.15, 0.2) is 0 Å². The Bertz CT molecular complexity index is 594. The Balaban J connectivity index is 2.75. The SMILES string of the molecule is CCN[C@H](C)CNC(=O)C(CCSC)NS(=O)(=O)c1ccccc1. The number of likely N-dealkylation sites (N-methyl/N-ethyl adjacent to an activating group) is 1. The van der Waals surface area contributed by atoms with Crippen molar-refractivity contribution in [1.29, 1.82) is 0 Å². The highest BCUT2D eigenvalue weighted by Crippen LogP contribution is 2.10. The number of carbonyl (C=O) groups is 1. The first-order chi connectivity index (χ1) is 11.4. The summed E-state index contributed by atoms with van der Waals surface area (Å²) >= 11 is 1.57. The highest BCUT2D eigenvalue weighted by atomic mass is 32.2. The summed E-state index contributed by atoms with van der Waals surface area (Å²) in [6.45, 7) is 5.23. The van der Waals surface area contributed by atoms with Crippen LogP contribution in [0.1, 0.15) is 20.3 Å². The molecule has 1 unspecified atom stereocenters. The maximum absolute atomic E-state index is 12.4. The standard InChI is InChI=1S/C16H27N3O3S2/c1-4-17-13(2)12-18-16(20)15(10-11-23-3)19-24(21,22)14-8-6-5-7-9-14/h5-9,13,15,17,19H,4,10-12H2,1-3H3,(H,18,20)/t13-,15?/m1/s1. The number of carbonyl (C=O) groups excluding carboxylic acids is 1. The van der Waals surface area contributed by atoms with Crippen molar-refractivity contribution in [1.82, 2.24) is 15.4 Å². The van der Waals surface area contributed by atoms with E-state index in [1.807, 2.05) is 20.1 Å². The summed E-state index contributed by atoms with van der Waals surface area (Å²) in [7, 11) is -3.72. The third kappa shape index (κ3) is 7.21. The number of benzene rings is 1. The van der Waals surface area contributed by atoms with E-state index < -0.39 is 16.1 Å². The summed E-state index contributed by atoms with van der Waals surface area (Å²) in [6, 6.07) is 7.44. The topological polar surface area (TPSA) is 87.3 Å². The summed E-state index contributed by atoms with van der Waals surface area (Å²) in [5, 5.41) is 6.01. The lowest BCUT2D eigenvalue weighted by atomic mass is 10.2. The van der Waals surface area contributed by atoms with E-state index in [4.69, 9.17) is 0 Å². The Morgan fingerprint density at radius 3 is 2.50 bits per heavy atom. The van der Waals surface area contributed by atoms with Crippen LogP contribution in [0, 0.1) is 0 Å². The molecule has 0 spiro atoms. The van der Waals surface area contributed by atoms with Crippen molar-refractivity contribution in [2.45, 2.75) is 37.2 Å². The van der Waals surface area contributed by atoms with Gasteiger partial charge < -0.3 is 10.6 Å². The number of rotatable bonds is 11. The van der Waals surface area contributed by atoms with Gasteiger partial charge in [-0.25, -0.2) is 8.42 Å². The van der Waals surface area contributed by atoms with Crippen molar-refractivity contribution < 1.29 is 13.2 Å². The molecule has 1 rings (SSSR count). The summed E-state index contributed by atoms with van der Waals surface area (Å²) < 4.78 is 27.4. The number of amides is 1. The van der Waals surface area contributed by atoms with Gasteiger partial charge in [0.05, 0.1) is 4.90 Å². The fraction of sp³-hybridized carbons (Fsp3) is 0.562. The molecule has 0 saturated heterocycles. The number of hydrogen-bond donors (Lipinski definition) is 3. The molecule has 0 saturated carbocycles. The first-order valence-corrected chi connectivity index (χ1v) is 10.9. The zero-order valence-electron chi connectivity index (χ0n) is 14.4. The maximum Gasteiger partial charge on any atom is 0.241 e. The van der Waals surface area contributed by atoms with Gasteiger partial charge in [-0.05, 0) is 44.0 Å². The van der Waals surface area contributed by atoms with Crippen LogP contribution in [0.2, 0.25) is 0 Å². The van der Waals surface area contributed by atoms with Crippen LogP contribution in [-0.4, -0.2) is 51.5 Å². The van der Waals surface area contributed by atoms with E-state index >= 15 is 0 Å². The third-order valence-corrected chi connectivity index (χ3v) is 5.54. The second-order valence-corrected chi connectivity index (χ2v) is 8.17. The summed E-state index contributed by atoms with van der Waals surface area (Å²) in [4.78, 5) is 12.6. The summed E-state index contributed by atoms with van der Waals surface area (Å²) in [5.74, 6) is 0.395. The van der Waals surface area contributed by atoms with E-state index in [1.165, 1.54) is 12.1 Å². The van der Waals surface area contributed by atoms with Crippen LogP contribution in [-0.2, 0) is 14.8 Å². The summed E-state index contributed by atoms with van der Waals surface area (Å²) in [6.07, 6.45) is 2.36. The second kappa shape index (κ2) is 10.7. The zero-order chi connectivity index (χ0) is 18.0. The molecule has 1 amide bonds. The van der Waals surface area contributed by atoms with Gasteiger partial charge in [0.2, 0.25) is 15.9 Å². The van der Waals surface area contributed by atoms with Gasteiger partial charge in [-0.1, -0.05) is 25.1 Å². The molecule has 8 heteroatoms. The molecule has 0 aliphatic heterocycles. The van der Waals surface area contributed by atoms with Gasteiger partial charge in [-0.15, -0.1) is 0 Å². The van der Waals surface area contributed by atoms with Crippen molar-refractivity contribution in [2.24, 2.45) is 0 Å². The molecule has 0 aromatic heterocycles. The largest absolute Gasteiger partial charge is 0.353 e. The minimum absolute atomic E-state index is 0.130. The highest BCUT2D eigenvalue weighted by Gasteiger charge is 2.25. The Morgan fingerprint density at radius 1 is 1.25 bits per heavy atom. The minimum Gasteiger partial charge on any atom is -0.353 e. The van der Waals surface area contributed by atoms with E-state index in [0.29, 0.717) is 18.7 Å². The van der Waals surface area contributed by atoms with Gasteiger partial charge in [-0.2, -0.15) is 16.5 Å². The lowest BCUT2D eigenvalue weighted by molar-refractivity contribution is -0.122. The third-order valence-electron chi connectivity index (χ3n) is 3.41.